The number of piperidine rings is 1. The van der Waals surface area contributed by atoms with Crippen LogP contribution in [0.15, 0.2) is 65.7 Å². The fourth-order valence-electron chi connectivity index (χ4n) is 5.77. The van der Waals surface area contributed by atoms with Gasteiger partial charge in [0.1, 0.15) is 17.8 Å². The van der Waals surface area contributed by atoms with Crippen LogP contribution in [0.1, 0.15) is 43.6 Å². The normalized spacial score (nSPS) is 21.7. The van der Waals surface area contributed by atoms with Gasteiger partial charge >= 0.3 is 0 Å². The molecule has 5 rings (SSSR count). The fourth-order valence-corrected chi connectivity index (χ4v) is 5.77. The van der Waals surface area contributed by atoms with Crippen molar-refractivity contribution in [3.05, 3.63) is 76.8 Å². The van der Waals surface area contributed by atoms with Crippen molar-refractivity contribution in [1.82, 2.24) is 14.5 Å². The molecule has 1 aliphatic carbocycles. The maximum atomic E-state index is 14.3. The molecule has 2 fully saturated rings. The Kier molecular flexibility index (Phi) is 7.99. The van der Waals surface area contributed by atoms with E-state index in [9.17, 15) is 23.5 Å². The van der Waals surface area contributed by atoms with Crippen molar-refractivity contribution >= 4 is 11.6 Å². The molecule has 9 nitrogen and oxygen atoms in total. The molecule has 0 bridgehead atoms. The Balaban J connectivity index is 1.23. The summed E-state index contributed by atoms with van der Waals surface area (Å²) in [4.78, 5) is 32.3. The minimum atomic E-state index is -2.81. The molecule has 2 aliphatic rings. The molecule has 11 heteroatoms. The highest BCUT2D eigenvalue weighted by Gasteiger charge is 2.46. The number of amides is 1. The van der Waals surface area contributed by atoms with Crippen LogP contribution in [0.4, 0.5) is 14.5 Å². The van der Waals surface area contributed by atoms with E-state index in [1.165, 1.54) is 10.9 Å². The lowest BCUT2D eigenvalue weighted by Gasteiger charge is -2.42. The minimum absolute atomic E-state index is 0.0464. The summed E-state index contributed by atoms with van der Waals surface area (Å²) in [5.41, 5.74) is 4.75. The van der Waals surface area contributed by atoms with E-state index in [0.29, 0.717) is 11.5 Å². The second-order valence-electron chi connectivity index (χ2n) is 10.9. The van der Waals surface area contributed by atoms with Crippen LogP contribution in [-0.4, -0.2) is 57.2 Å². The molecule has 3 aromatic rings. The molecule has 1 aliphatic heterocycles. The number of halogens is 2. The molecular weight excluding hydrogens is 534 g/mol. The van der Waals surface area contributed by atoms with Crippen molar-refractivity contribution in [1.29, 1.82) is 0 Å². The van der Waals surface area contributed by atoms with Gasteiger partial charge in [0, 0.05) is 37.8 Å². The Hall–Kier alpha value is -3.99. The highest BCUT2D eigenvalue weighted by atomic mass is 19.3. The summed E-state index contributed by atoms with van der Waals surface area (Å²) in [6.45, 7) is 0.441. The molecule has 1 saturated heterocycles. The molecule has 0 spiro atoms. The topological polar surface area (TPSA) is 120 Å². The Labute approximate surface area is 236 Å². The SMILES string of the molecule is COc1ccc(Oc2ncn(CC3(O)CCN(C(=O)[C@@H]4CCC(F)(F)C[C@H]4c4ccccc4)CC3)c(=O)c2N)cc1. The molecule has 1 saturated carbocycles. The third-order valence-corrected chi connectivity index (χ3v) is 8.15. The van der Waals surface area contributed by atoms with Gasteiger partial charge in [-0.1, -0.05) is 30.3 Å². The van der Waals surface area contributed by atoms with Gasteiger partial charge < -0.3 is 25.2 Å². The number of aliphatic hydroxyl groups is 1. The summed E-state index contributed by atoms with van der Waals surface area (Å²) in [7, 11) is 1.55. The van der Waals surface area contributed by atoms with Crippen molar-refractivity contribution in [3.8, 4) is 17.4 Å². The van der Waals surface area contributed by atoms with E-state index in [2.05, 4.69) is 4.98 Å². The number of hydrogen-bond acceptors (Lipinski definition) is 7. The van der Waals surface area contributed by atoms with Gasteiger partial charge in [-0.3, -0.25) is 14.2 Å². The monoisotopic (exact) mass is 568 g/mol. The summed E-state index contributed by atoms with van der Waals surface area (Å²) >= 11 is 0. The lowest BCUT2D eigenvalue weighted by Crippen LogP contribution is -2.52. The smallest absolute Gasteiger partial charge is 0.280 e. The van der Waals surface area contributed by atoms with Crippen LogP contribution in [0, 0.1) is 5.92 Å². The molecule has 1 amide bonds. The van der Waals surface area contributed by atoms with Gasteiger partial charge in [-0.15, -0.1) is 0 Å². The average Bonchev–Trinajstić information content (AvgIpc) is 2.97. The van der Waals surface area contributed by atoms with Crippen LogP contribution < -0.4 is 20.8 Å². The van der Waals surface area contributed by atoms with E-state index in [4.69, 9.17) is 15.2 Å². The van der Waals surface area contributed by atoms with Gasteiger partial charge in [0.2, 0.25) is 17.7 Å². The number of alkyl halides is 2. The summed E-state index contributed by atoms with van der Waals surface area (Å²) < 4.78 is 40.7. The van der Waals surface area contributed by atoms with Crippen molar-refractivity contribution in [3.63, 3.8) is 0 Å². The van der Waals surface area contributed by atoms with E-state index < -0.39 is 28.9 Å². The van der Waals surface area contributed by atoms with Crippen LogP contribution in [0.2, 0.25) is 0 Å². The maximum absolute atomic E-state index is 14.3. The second kappa shape index (κ2) is 11.5. The van der Waals surface area contributed by atoms with Crippen LogP contribution in [-0.2, 0) is 11.3 Å². The molecule has 41 heavy (non-hydrogen) atoms. The highest BCUT2D eigenvalue weighted by molar-refractivity contribution is 5.80. The van der Waals surface area contributed by atoms with Crippen LogP contribution in [0.3, 0.4) is 0 Å². The highest BCUT2D eigenvalue weighted by Crippen LogP contribution is 2.46. The number of ether oxygens (including phenoxy) is 2. The first-order valence-electron chi connectivity index (χ1n) is 13.7. The van der Waals surface area contributed by atoms with Gasteiger partial charge in [0.05, 0.1) is 19.3 Å². The van der Waals surface area contributed by atoms with Crippen LogP contribution in [0.25, 0.3) is 0 Å². The van der Waals surface area contributed by atoms with E-state index in [1.54, 1.807) is 60.5 Å². The number of benzene rings is 2. The number of hydrogen-bond donors (Lipinski definition) is 2. The number of likely N-dealkylation sites (tertiary alicyclic amines) is 1. The number of nitrogen functional groups attached to an aromatic ring is 1. The maximum Gasteiger partial charge on any atom is 0.280 e. The zero-order chi connectivity index (χ0) is 29.2. The Morgan fingerprint density at radius 1 is 1.07 bits per heavy atom. The predicted molar refractivity (Wildman–Crippen MR) is 148 cm³/mol. The number of nitrogens with two attached hydrogens (primary N) is 1. The van der Waals surface area contributed by atoms with Crippen LogP contribution in [0.5, 0.6) is 17.4 Å². The third kappa shape index (κ3) is 6.35. The average molecular weight is 569 g/mol. The molecule has 2 aromatic carbocycles. The zero-order valence-electron chi connectivity index (χ0n) is 22.8. The van der Waals surface area contributed by atoms with E-state index in [1.807, 2.05) is 6.07 Å². The number of anilines is 1. The van der Waals surface area contributed by atoms with Crippen molar-refractivity contribution in [2.45, 2.75) is 56.1 Å². The largest absolute Gasteiger partial charge is 0.497 e. The molecule has 0 radical (unpaired) electrons. The van der Waals surface area contributed by atoms with Gasteiger partial charge in [0.25, 0.3) is 5.56 Å². The summed E-state index contributed by atoms with van der Waals surface area (Å²) in [6, 6.07) is 15.7. The lowest BCUT2D eigenvalue weighted by atomic mass is 9.73. The molecule has 2 heterocycles. The number of nitrogens with zero attached hydrogens (tertiary/aromatic N) is 3. The predicted octanol–water partition coefficient (Wildman–Crippen LogP) is 4.20. The first-order chi connectivity index (χ1) is 19.6. The number of rotatable bonds is 7. The molecule has 3 N–H and O–H groups in total. The summed E-state index contributed by atoms with van der Waals surface area (Å²) in [6.07, 6.45) is 1.14. The first kappa shape index (κ1) is 28.5. The quantitative estimate of drug-likeness (QED) is 0.438. The minimum Gasteiger partial charge on any atom is -0.497 e. The van der Waals surface area contributed by atoms with E-state index in [0.717, 1.165) is 5.56 Å². The van der Waals surface area contributed by atoms with Gasteiger partial charge in [-0.05, 0) is 49.1 Å². The molecular formula is C30H34F2N4O5. The lowest BCUT2D eigenvalue weighted by molar-refractivity contribution is -0.145. The van der Waals surface area contributed by atoms with Crippen LogP contribution >= 0.6 is 0 Å². The Bertz CT molecular complexity index is 1420. The third-order valence-electron chi connectivity index (χ3n) is 8.15. The fraction of sp³-hybridized carbons (Fsp3) is 0.433. The van der Waals surface area contributed by atoms with Crippen molar-refractivity contribution in [2.75, 3.05) is 25.9 Å². The standard InChI is InChI=1S/C30H34F2N4O5/c1-40-21-7-9-22(10-8-21)41-26-25(33)28(38)36(19-34-26)18-29(39)13-15-35(16-14-29)27(37)23-11-12-30(31,32)17-24(23)20-5-3-2-4-6-20/h2-10,19,23-24,39H,11-18,33H2,1H3/t23-,24+/m1/s1. The Morgan fingerprint density at radius 3 is 2.39 bits per heavy atom. The summed E-state index contributed by atoms with van der Waals surface area (Å²) in [5, 5.41) is 11.3. The molecule has 1 aromatic heterocycles. The van der Waals surface area contributed by atoms with Gasteiger partial charge in [0.15, 0.2) is 5.69 Å². The van der Waals surface area contributed by atoms with Crippen molar-refractivity contribution in [2.24, 2.45) is 5.92 Å². The van der Waals surface area contributed by atoms with E-state index in [-0.39, 0.29) is 69.2 Å². The molecule has 0 unspecified atom stereocenters. The second-order valence-corrected chi connectivity index (χ2v) is 10.9. The summed E-state index contributed by atoms with van der Waals surface area (Å²) in [5.74, 6) is -3.07. The van der Waals surface area contributed by atoms with Crippen molar-refractivity contribution < 1.29 is 28.2 Å². The number of carbonyl (C=O) groups is 1. The zero-order valence-corrected chi connectivity index (χ0v) is 22.8. The number of carbonyl (C=O) groups excluding carboxylic acids is 1. The molecule has 218 valence electrons. The Morgan fingerprint density at radius 2 is 1.73 bits per heavy atom. The van der Waals surface area contributed by atoms with Gasteiger partial charge in [-0.25, -0.2) is 13.8 Å². The first-order valence-corrected chi connectivity index (χ1v) is 13.7. The van der Waals surface area contributed by atoms with E-state index >= 15 is 0 Å². The number of methoxy groups -OCH3 is 1. The number of aromatic nitrogens is 2. The molecule has 2 atom stereocenters. The van der Waals surface area contributed by atoms with Gasteiger partial charge in [-0.2, -0.15) is 0 Å².